The van der Waals surface area contributed by atoms with E-state index in [1.807, 2.05) is 36.4 Å². The van der Waals surface area contributed by atoms with Gasteiger partial charge in [-0.3, -0.25) is 10.1 Å². The minimum Gasteiger partial charge on any atom is -0.461 e. The SMILES string of the molecule is O=[N+]([O-])c1cc(Oc2ccccc2)cc(Oc2ccc3oc4c(c3c2)CCCC4)c1. The fourth-order valence-electron chi connectivity index (χ4n) is 3.85. The second-order valence-corrected chi connectivity index (χ2v) is 7.31. The molecule has 0 saturated heterocycles. The maximum absolute atomic E-state index is 11.4. The van der Waals surface area contributed by atoms with Crippen molar-refractivity contribution >= 4 is 16.7 Å². The molecule has 1 aliphatic rings. The third-order valence-electron chi connectivity index (χ3n) is 5.22. The van der Waals surface area contributed by atoms with Crippen LogP contribution in [-0.2, 0) is 12.8 Å². The number of nitro benzene ring substituents is 1. The molecule has 5 rings (SSSR count). The first-order valence-corrected chi connectivity index (χ1v) is 9.90. The molecule has 3 aromatic carbocycles. The first-order chi connectivity index (χ1) is 14.7. The normalized spacial score (nSPS) is 13.1. The Morgan fingerprint density at radius 1 is 0.800 bits per heavy atom. The molecule has 0 aliphatic heterocycles. The van der Waals surface area contributed by atoms with Gasteiger partial charge in [-0.05, 0) is 49.6 Å². The van der Waals surface area contributed by atoms with E-state index in [-0.39, 0.29) is 5.69 Å². The first-order valence-electron chi connectivity index (χ1n) is 9.90. The van der Waals surface area contributed by atoms with Gasteiger partial charge in [0.1, 0.15) is 34.3 Å². The zero-order valence-electron chi connectivity index (χ0n) is 16.2. The number of benzene rings is 3. The van der Waals surface area contributed by atoms with Crippen LogP contribution in [0.4, 0.5) is 5.69 Å². The van der Waals surface area contributed by atoms with E-state index in [4.69, 9.17) is 13.9 Å². The number of hydrogen-bond acceptors (Lipinski definition) is 5. The van der Waals surface area contributed by atoms with Crippen molar-refractivity contribution in [1.29, 1.82) is 0 Å². The summed E-state index contributed by atoms with van der Waals surface area (Å²) in [6.07, 6.45) is 4.26. The summed E-state index contributed by atoms with van der Waals surface area (Å²) in [6, 6.07) is 19.2. The number of aryl methyl sites for hydroxylation is 2. The van der Waals surface area contributed by atoms with Crippen molar-refractivity contribution in [2.45, 2.75) is 25.7 Å². The number of para-hydroxylation sites is 1. The van der Waals surface area contributed by atoms with E-state index in [1.54, 1.807) is 18.2 Å². The molecule has 30 heavy (non-hydrogen) atoms. The Morgan fingerprint density at radius 2 is 1.53 bits per heavy atom. The highest BCUT2D eigenvalue weighted by atomic mass is 16.6. The van der Waals surface area contributed by atoms with Crippen molar-refractivity contribution in [3.05, 3.63) is 88.2 Å². The molecule has 1 aliphatic carbocycles. The molecule has 1 aromatic heterocycles. The lowest BCUT2D eigenvalue weighted by Gasteiger charge is -2.10. The van der Waals surface area contributed by atoms with Crippen LogP contribution in [0, 0.1) is 10.1 Å². The summed E-state index contributed by atoms with van der Waals surface area (Å²) in [5, 5.41) is 12.4. The molecule has 0 saturated carbocycles. The monoisotopic (exact) mass is 401 g/mol. The molecule has 6 nitrogen and oxygen atoms in total. The molecule has 0 spiro atoms. The number of fused-ring (bicyclic) bond motifs is 3. The summed E-state index contributed by atoms with van der Waals surface area (Å²) >= 11 is 0. The Morgan fingerprint density at radius 3 is 2.30 bits per heavy atom. The van der Waals surface area contributed by atoms with Gasteiger partial charge in [-0.15, -0.1) is 0 Å². The minimum absolute atomic E-state index is 0.0970. The molecular weight excluding hydrogens is 382 g/mol. The Labute approximate surface area is 172 Å². The van der Waals surface area contributed by atoms with Crippen LogP contribution in [0.5, 0.6) is 23.0 Å². The van der Waals surface area contributed by atoms with Crippen LogP contribution in [0.3, 0.4) is 0 Å². The summed E-state index contributed by atoms with van der Waals surface area (Å²) in [7, 11) is 0. The number of nitrogens with zero attached hydrogens (tertiary/aromatic N) is 1. The highest BCUT2D eigenvalue weighted by Crippen LogP contribution is 2.37. The van der Waals surface area contributed by atoms with E-state index in [1.165, 1.54) is 17.7 Å². The van der Waals surface area contributed by atoms with Crippen LogP contribution in [0.25, 0.3) is 11.0 Å². The van der Waals surface area contributed by atoms with Gasteiger partial charge in [0.15, 0.2) is 0 Å². The summed E-state index contributed by atoms with van der Waals surface area (Å²) in [5.41, 5.74) is 2.00. The predicted molar refractivity (Wildman–Crippen MR) is 113 cm³/mol. The van der Waals surface area contributed by atoms with Gasteiger partial charge in [0.05, 0.1) is 17.1 Å². The smallest absolute Gasteiger partial charge is 0.276 e. The summed E-state index contributed by atoms with van der Waals surface area (Å²) in [5.74, 6) is 2.93. The average molecular weight is 401 g/mol. The van der Waals surface area contributed by atoms with Gasteiger partial charge in [-0.2, -0.15) is 0 Å². The fourth-order valence-corrected chi connectivity index (χ4v) is 3.85. The summed E-state index contributed by atoms with van der Waals surface area (Å²) < 4.78 is 17.7. The molecular formula is C24H19NO5. The number of furan rings is 1. The van der Waals surface area contributed by atoms with Crippen LogP contribution in [-0.4, -0.2) is 4.92 Å². The van der Waals surface area contributed by atoms with Gasteiger partial charge in [-0.25, -0.2) is 0 Å². The molecule has 0 amide bonds. The average Bonchev–Trinajstić information content (AvgIpc) is 3.12. The number of non-ortho nitro benzene ring substituents is 1. The van der Waals surface area contributed by atoms with Crippen molar-refractivity contribution in [2.24, 2.45) is 0 Å². The quantitative estimate of drug-likeness (QED) is 0.271. The number of hydrogen-bond donors (Lipinski definition) is 0. The first kappa shape index (κ1) is 18.2. The van der Waals surface area contributed by atoms with Crippen LogP contribution < -0.4 is 9.47 Å². The number of rotatable bonds is 5. The maximum Gasteiger partial charge on any atom is 0.276 e. The number of nitro groups is 1. The largest absolute Gasteiger partial charge is 0.461 e. The molecule has 0 unspecified atom stereocenters. The van der Waals surface area contributed by atoms with Gasteiger partial charge in [0.25, 0.3) is 5.69 Å². The van der Waals surface area contributed by atoms with Crippen molar-refractivity contribution in [3.63, 3.8) is 0 Å². The van der Waals surface area contributed by atoms with Crippen LogP contribution in [0.1, 0.15) is 24.2 Å². The molecule has 4 aromatic rings. The van der Waals surface area contributed by atoms with Crippen molar-refractivity contribution < 1.29 is 18.8 Å². The van der Waals surface area contributed by atoms with Crippen LogP contribution in [0.15, 0.2) is 71.1 Å². The molecule has 1 heterocycles. The van der Waals surface area contributed by atoms with E-state index in [0.717, 1.165) is 42.4 Å². The zero-order valence-corrected chi connectivity index (χ0v) is 16.2. The lowest BCUT2D eigenvalue weighted by molar-refractivity contribution is -0.385. The highest BCUT2D eigenvalue weighted by Gasteiger charge is 2.19. The zero-order chi connectivity index (χ0) is 20.5. The third-order valence-corrected chi connectivity index (χ3v) is 5.22. The molecule has 0 N–H and O–H groups in total. The van der Waals surface area contributed by atoms with Gasteiger partial charge in [0.2, 0.25) is 0 Å². The maximum atomic E-state index is 11.4. The molecule has 0 radical (unpaired) electrons. The lowest BCUT2D eigenvalue weighted by Crippen LogP contribution is -1.98. The second kappa shape index (κ2) is 7.55. The lowest BCUT2D eigenvalue weighted by atomic mass is 9.96. The van der Waals surface area contributed by atoms with E-state index < -0.39 is 4.92 Å². The summed E-state index contributed by atoms with van der Waals surface area (Å²) in [4.78, 5) is 10.9. The Bertz CT molecular complexity index is 1230. The Balaban J connectivity index is 1.48. The predicted octanol–water partition coefficient (Wildman–Crippen LogP) is 6.80. The second-order valence-electron chi connectivity index (χ2n) is 7.31. The van der Waals surface area contributed by atoms with Gasteiger partial charge in [-0.1, -0.05) is 18.2 Å². The van der Waals surface area contributed by atoms with Crippen molar-refractivity contribution in [1.82, 2.24) is 0 Å². The minimum atomic E-state index is -0.458. The summed E-state index contributed by atoms with van der Waals surface area (Å²) in [6.45, 7) is 0. The van der Waals surface area contributed by atoms with E-state index in [2.05, 4.69) is 0 Å². The molecule has 150 valence electrons. The molecule has 0 bridgehead atoms. The van der Waals surface area contributed by atoms with Gasteiger partial charge in [0, 0.05) is 23.4 Å². The highest BCUT2D eigenvalue weighted by molar-refractivity contribution is 5.84. The van der Waals surface area contributed by atoms with Crippen LogP contribution in [0.2, 0.25) is 0 Å². The van der Waals surface area contributed by atoms with Crippen molar-refractivity contribution in [2.75, 3.05) is 0 Å². The van der Waals surface area contributed by atoms with E-state index in [0.29, 0.717) is 23.0 Å². The molecule has 6 heteroatoms. The molecule has 0 atom stereocenters. The fraction of sp³-hybridized carbons (Fsp3) is 0.167. The van der Waals surface area contributed by atoms with Crippen molar-refractivity contribution in [3.8, 4) is 23.0 Å². The van der Waals surface area contributed by atoms with Gasteiger partial charge >= 0.3 is 0 Å². The third kappa shape index (κ3) is 3.59. The molecule has 0 fully saturated rings. The van der Waals surface area contributed by atoms with E-state index in [9.17, 15) is 10.1 Å². The topological polar surface area (TPSA) is 74.7 Å². The number of ether oxygens (including phenoxy) is 2. The Kier molecular flexibility index (Phi) is 4.59. The van der Waals surface area contributed by atoms with Crippen LogP contribution >= 0.6 is 0 Å². The van der Waals surface area contributed by atoms with Gasteiger partial charge < -0.3 is 13.9 Å². The Hall–Kier alpha value is -3.80. The van der Waals surface area contributed by atoms with E-state index >= 15 is 0 Å². The standard InChI is InChI=1S/C24H19NO5/c26-25(27)16-12-19(28-17-6-2-1-3-7-17)14-20(13-16)29-18-10-11-24-22(15-18)21-8-4-5-9-23(21)30-24/h1-3,6-7,10-15H,4-5,8-9H2.